The van der Waals surface area contributed by atoms with Gasteiger partial charge in [0, 0.05) is 20.9 Å². The number of hydrogen-bond acceptors (Lipinski definition) is 3. The Morgan fingerprint density at radius 1 is 1.05 bits per heavy atom. The number of hydrogen-bond donors (Lipinski definition) is 2. The number of carboxylic acid groups (broad SMARTS) is 1. The normalized spacial score (nSPS) is 9.73. The number of amides is 2. The van der Waals surface area contributed by atoms with Gasteiger partial charge in [-0.3, -0.25) is 9.59 Å². The van der Waals surface area contributed by atoms with E-state index in [2.05, 4.69) is 5.32 Å². The van der Waals surface area contributed by atoms with Crippen LogP contribution in [-0.4, -0.2) is 67.7 Å². The molecule has 0 aliphatic rings. The van der Waals surface area contributed by atoms with Gasteiger partial charge in [-0.25, -0.2) is 4.79 Å². The molecule has 0 bridgehead atoms. The molecule has 0 aromatic heterocycles. The zero-order valence-electron chi connectivity index (χ0n) is 11.3. The Morgan fingerprint density at radius 2 is 1.55 bits per heavy atom. The molecule has 1 rings (SSSR count). The summed E-state index contributed by atoms with van der Waals surface area (Å²) in [4.78, 5) is 35.9. The van der Waals surface area contributed by atoms with Crippen molar-refractivity contribution in [2.45, 2.75) is 13.8 Å². The molecule has 0 aliphatic carbocycles. The average Bonchev–Trinajstić information content (AvgIpc) is 2.33. The number of benzene rings is 1. The number of nitrogens with one attached hydrogen (secondary N) is 1. The third-order valence-electron chi connectivity index (χ3n) is 2.62. The van der Waals surface area contributed by atoms with E-state index in [0.29, 0.717) is 22.1 Å². The summed E-state index contributed by atoms with van der Waals surface area (Å²) in [7, 11) is 1.57. The fourth-order valence-electron chi connectivity index (χ4n) is 1.58. The van der Waals surface area contributed by atoms with Crippen molar-refractivity contribution < 1.29 is 19.5 Å². The molecule has 2 amide bonds. The minimum absolute atomic E-state index is 0. The quantitative estimate of drug-likeness (QED) is 0.382. The molecule has 1 aromatic rings. The molecule has 0 saturated heterocycles. The SMILES string of the molecule is CC(=O)Nc1c(I)c(C(=O)O)c(I)c(N(C)C(C)=O)c1I.[CaH2]. The second kappa shape index (κ2) is 9.53. The van der Waals surface area contributed by atoms with Crippen LogP contribution in [0.1, 0.15) is 24.2 Å². The number of anilines is 2. The summed E-state index contributed by atoms with van der Waals surface area (Å²) in [6.07, 6.45) is 0. The standard InChI is InChI=1S/C12H11I3N2O4.Ca.2H/c1-4(18)16-10-7(13)6(12(20)21)8(14)11(9(10)15)17(3)5(2)19;;;/h1-3H3,(H,16,18)(H,20,21);;;. The maximum absolute atomic E-state index is 11.6. The number of halogens is 3. The molecular weight excluding hydrogens is 657 g/mol. The van der Waals surface area contributed by atoms with E-state index in [-0.39, 0.29) is 55.1 Å². The molecule has 0 unspecified atom stereocenters. The van der Waals surface area contributed by atoms with Crippen LogP contribution in [0.15, 0.2) is 0 Å². The molecule has 22 heavy (non-hydrogen) atoms. The summed E-state index contributed by atoms with van der Waals surface area (Å²) in [6.45, 7) is 2.74. The first kappa shape index (κ1) is 23.1. The van der Waals surface area contributed by atoms with Gasteiger partial charge in [-0.05, 0) is 67.8 Å². The van der Waals surface area contributed by atoms with Crippen molar-refractivity contribution in [1.29, 1.82) is 0 Å². The van der Waals surface area contributed by atoms with Crippen LogP contribution in [-0.2, 0) is 9.59 Å². The second-order valence-electron chi connectivity index (χ2n) is 4.10. The Bertz CT molecular complexity index is 652. The molecular formula is C12H13CaI3N2O4. The van der Waals surface area contributed by atoms with E-state index in [0.717, 1.165) is 0 Å². The average molecular weight is 670 g/mol. The predicted octanol–water partition coefficient (Wildman–Crippen LogP) is 2.22. The number of nitrogens with zero attached hydrogens (tertiary/aromatic N) is 1. The number of carbonyl (C=O) groups excluding carboxylic acids is 2. The van der Waals surface area contributed by atoms with Crippen LogP contribution >= 0.6 is 67.8 Å². The van der Waals surface area contributed by atoms with Gasteiger partial charge in [0.1, 0.15) is 0 Å². The number of carbonyl (C=O) groups is 3. The first-order valence-corrected chi connectivity index (χ1v) is 8.78. The maximum atomic E-state index is 11.6. The zero-order valence-corrected chi connectivity index (χ0v) is 17.7. The molecule has 118 valence electrons. The summed E-state index contributed by atoms with van der Waals surface area (Å²) >= 11 is 5.80. The van der Waals surface area contributed by atoms with Crippen molar-refractivity contribution in [2.75, 3.05) is 17.3 Å². The molecule has 0 aliphatic heterocycles. The Morgan fingerprint density at radius 3 is 1.91 bits per heavy atom. The molecule has 0 radical (unpaired) electrons. The van der Waals surface area contributed by atoms with Gasteiger partial charge in [0.2, 0.25) is 11.8 Å². The molecule has 0 atom stereocenters. The summed E-state index contributed by atoms with van der Waals surface area (Å²) in [6, 6.07) is 0. The fraction of sp³-hybridized carbons (Fsp3) is 0.250. The predicted molar refractivity (Wildman–Crippen MR) is 113 cm³/mol. The van der Waals surface area contributed by atoms with Crippen molar-refractivity contribution in [3.8, 4) is 0 Å². The van der Waals surface area contributed by atoms with Gasteiger partial charge in [0.25, 0.3) is 0 Å². The van der Waals surface area contributed by atoms with Crippen LogP contribution in [0.3, 0.4) is 0 Å². The van der Waals surface area contributed by atoms with E-state index in [9.17, 15) is 19.5 Å². The third-order valence-corrected chi connectivity index (χ3v) is 5.80. The Kier molecular flexibility index (Phi) is 10.0. The zero-order chi connectivity index (χ0) is 16.5. The summed E-state index contributed by atoms with van der Waals surface area (Å²) < 4.78 is 1.52. The van der Waals surface area contributed by atoms with Crippen LogP contribution in [0.5, 0.6) is 0 Å². The van der Waals surface area contributed by atoms with Gasteiger partial charge in [0.15, 0.2) is 0 Å². The Balaban J connectivity index is 0.00000441. The van der Waals surface area contributed by atoms with Gasteiger partial charge >= 0.3 is 43.7 Å². The first-order valence-electron chi connectivity index (χ1n) is 5.55. The van der Waals surface area contributed by atoms with Gasteiger partial charge in [-0.1, -0.05) is 0 Å². The molecule has 2 N–H and O–H groups in total. The number of aromatic carboxylic acids is 1. The number of rotatable bonds is 3. The molecule has 0 fully saturated rings. The first-order chi connectivity index (χ1) is 9.59. The monoisotopic (exact) mass is 670 g/mol. The second-order valence-corrected chi connectivity index (χ2v) is 7.34. The van der Waals surface area contributed by atoms with Crippen molar-refractivity contribution >= 4 is 135 Å². The van der Waals surface area contributed by atoms with Crippen molar-refractivity contribution in [1.82, 2.24) is 0 Å². The molecule has 0 heterocycles. The van der Waals surface area contributed by atoms with E-state index in [1.54, 1.807) is 7.05 Å². The van der Waals surface area contributed by atoms with Gasteiger partial charge < -0.3 is 15.3 Å². The van der Waals surface area contributed by atoms with E-state index >= 15 is 0 Å². The summed E-state index contributed by atoms with van der Waals surface area (Å²) in [5.74, 6) is -1.64. The minimum atomic E-state index is -1.11. The van der Waals surface area contributed by atoms with Crippen molar-refractivity contribution in [2.24, 2.45) is 0 Å². The van der Waals surface area contributed by atoms with Crippen LogP contribution in [0.2, 0.25) is 0 Å². The topological polar surface area (TPSA) is 86.7 Å². The van der Waals surface area contributed by atoms with Crippen LogP contribution in [0.25, 0.3) is 0 Å². The van der Waals surface area contributed by atoms with Crippen molar-refractivity contribution in [3.05, 3.63) is 16.3 Å². The van der Waals surface area contributed by atoms with Gasteiger partial charge in [-0.2, -0.15) is 0 Å². The van der Waals surface area contributed by atoms with E-state index < -0.39 is 5.97 Å². The van der Waals surface area contributed by atoms with Gasteiger partial charge in [-0.15, -0.1) is 0 Å². The van der Waals surface area contributed by atoms with Crippen LogP contribution in [0.4, 0.5) is 11.4 Å². The summed E-state index contributed by atoms with van der Waals surface area (Å²) in [5, 5.41) is 12.1. The van der Waals surface area contributed by atoms with Crippen LogP contribution < -0.4 is 10.2 Å². The van der Waals surface area contributed by atoms with Crippen molar-refractivity contribution in [3.63, 3.8) is 0 Å². The van der Waals surface area contributed by atoms with E-state index in [1.807, 2.05) is 67.8 Å². The Labute approximate surface area is 198 Å². The number of carboxylic acids is 1. The van der Waals surface area contributed by atoms with E-state index in [1.165, 1.54) is 18.7 Å². The third kappa shape index (κ3) is 5.04. The molecule has 6 nitrogen and oxygen atoms in total. The molecule has 0 saturated carbocycles. The molecule has 10 heteroatoms. The van der Waals surface area contributed by atoms with E-state index in [4.69, 9.17) is 0 Å². The fourth-order valence-corrected chi connectivity index (χ4v) is 6.20. The van der Waals surface area contributed by atoms with Crippen LogP contribution in [0, 0.1) is 10.7 Å². The van der Waals surface area contributed by atoms with Gasteiger partial charge in [0.05, 0.1) is 27.6 Å². The Hall–Kier alpha value is 1.08. The molecule has 1 aromatic carbocycles. The molecule has 0 spiro atoms. The summed E-state index contributed by atoms with van der Waals surface area (Å²) in [5.41, 5.74) is 0.957.